The summed E-state index contributed by atoms with van der Waals surface area (Å²) in [6.45, 7) is 0. The number of likely N-dealkylation sites (N-methyl/N-ethyl adjacent to an activating group) is 1. The average Bonchev–Trinajstić information content (AvgIpc) is 3.24. The van der Waals surface area contributed by atoms with E-state index in [1.807, 2.05) is 16.1 Å². The molecule has 1 heterocycles. The number of fused-ring (bicyclic) bond motifs is 1. The Morgan fingerprint density at radius 2 is 1.82 bits per heavy atom. The molecule has 0 radical (unpaired) electrons. The van der Waals surface area contributed by atoms with Gasteiger partial charge in [0.15, 0.2) is 0 Å². The molecule has 1 aliphatic carbocycles. The van der Waals surface area contributed by atoms with Crippen molar-refractivity contribution < 1.29 is 22.0 Å². The molecule has 2 aromatic rings. The van der Waals surface area contributed by atoms with Crippen molar-refractivity contribution in [2.24, 2.45) is 0 Å². The zero-order chi connectivity index (χ0) is 20.1. The Hall–Kier alpha value is -2.41. The van der Waals surface area contributed by atoms with Crippen molar-refractivity contribution >= 4 is 0 Å². The van der Waals surface area contributed by atoms with Crippen LogP contribution in [-0.4, -0.2) is 17.1 Å². The largest absolute Gasteiger partial charge is 0.416 e. The quantitative estimate of drug-likeness (QED) is 0.585. The maximum absolute atomic E-state index is 13.5. The van der Waals surface area contributed by atoms with Crippen LogP contribution in [0.5, 0.6) is 0 Å². The Kier molecular flexibility index (Phi) is 4.65. The van der Waals surface area contributed by atoms with Gasteiger partial charge in [-0.25, -0.2) is 13.8 Å². The first-order valence-corrected chi connectivity index (χ1v) is 9.04. The first kappa shape index (κ1) is 18.9. The Morgan fingerprint density at radius 3 is 2.54 bits per heavy atom. The summed E-state index contributed by atoms with van der Waals surface area (Å²) in [6.07, 6.45) is -2.00. The summed E-state index contributed by atoms with van der Waals surface area (Å²) in [4.78, 5) is 0. The molecule has 7 heteroatoms. The third-order valence-electron chi connectivity index (χ3n) is 5.55. The van der Waals surface area contributed by atoms with E-state index in [2.05, 4.69) is 0 Å². The van der Waals surface area contributed by atoms with Gasteiger partial charge >= 0.3 is 6.18 Å². The third kappa shape index (κ3) is 3.17. The number of aryl methyl sites for hydroxylation is 1. The van der Waals surface area contributed by atoms with E-state index < -0.39 is 18.2 Å². The summed E-state index contributed by atoms with van der Waals surface area (Å²) in [5.41, 5.74) is 1.39. The first-order chi connectivity index (χ1) is 13.3. The summed E-state index contributed by atoms with van der Waals surface area (Å²) in [6, 6.07) is 9.56. The van der Waals surface area contributed by atoms with E-state index >= 15 is 0 Å². The maximum Gasteiger partial charge on any atom is 0.416 e. The van der Waals surface area contributed by atoms with Gasteiger partial charge in [0.2, 0.25) is 0 Å². The van der Waals surface area contributed by atoms with Gasteiger partial charge in [-0.15, -0.1) is 0 Å². The molecule has 0 N–H and O–H groups in total. The number of benzene rings is 2. The summed E-state index contributed by atoms with van der Waals surface area (Å²) < 4.78 is 66.2. The van der Waals surface area contributed by atoms with Crippen molar-refractivity contribution in [3.63, 3.8) is 0 Å². The van der Waals surface area contributed by atoms with E-state index in [0.717, 1.165) is 17.7 Å². The van der Waals surface area contributed by atoms with Gasteiger partial charge < -0.3 is 5.01 Å². The van der Waals surface area contributed by atoms with Gasteiger partial charge in [0.05, 0.1) is 17.6 Å². The number of nitrogens with zero attached hydrogens (tertiary/aromatic N) is 2. The van der Waals surface area contributed by atoms with Gasteiger partial charge in [0.1, 0.15) is 0 Å². The van der Waals surface area contributed by atoms with Crippen molar-refractivity contribution in [3.8, 4) is 0 Å². The van der Waals surface area contributed by atoms with Crippen molar-refractivity contribution in [3.05, 3.63) is 82.6 Å². The Labute approximate surface area is 159 Å². The maximum atomic E-state index is 13.5. The lowest BCUT2D eigenvalue weighted by atomic mass is 10.0. The molecule has 1 unspecified atom stereocenters. The lowest BCUT2D eigenvalue weighted by Gasteiger charge is -2.36. The van der Waals surface area contributed by atoms with Crippen LogP contribution < -0.4 is 0 Å². The molecule has 2 aromatic carbocycles. The molecule has 0 aromatic heterocycles. The topological polar surface area (TPSA) is 6.48 Å². The molecule has 0 bridgehead atoms. The molecule has 0 fully saturated rings. The van der Waals surface area contributed by atoms with E-state index in [1.165, 1.54) is 12.1 Å². The van der Waals surface area contributed by atoms with Crippen LogP contribution in [0.3, 0.4) is 0 Å². The van der Waals surface area contributed by atoms with E-state index in [-0.39, 0.29) is 17.6 Å². The third-order valence-corrected chi connectivity index (χ3v) is 5.55. The van der Waals surface area contributed by atoms with E-state index in [1.54, 1.807) is 31.5 Å². The van der Waals surface area contributed by atoms with Crippen molar-refractivity contribution in [2.45, 2.75) is 37.5 Å². The monoisotopic (exact) mass is 394 g/mol. The van der Waals surface area contributed by atoms with Crippen LogP contribution in [0, 0.1) is 0 Å². The number of alkyl halides is 5. The van der Waals surface area contributed by atoms with Crippen LogP contribution in [0.1, 0.15) is 52.7 Å². The second-order valence-electron chi connectivity index (χ2n) is 7.14. The van der Waals surface area contributed by atoms with Crippen LogP contribution in [0.25, 0.3) is 0 Å². The standard InChI is InChI=1S/C21H19F5N2/c1-27-17(14-5-2-6-15(12-14)21(24,25)26)10-11-28(27)18-9-8-13-4-3-7-16(19(13)18)20(22)23/h2-7,10-12,17-18,20H,8-9H2,1H3/t17-,18?/m0/s1. The lowest BCUT2D eigenvalue weighted by Crippen LogP contribution is -2.36. The fourth-order valence-electron chi connectivity index (χ4n) is 4.24. The van der Waals surface area contributed by atoms with Gasteiger partial charge in [-0.2, -0.15) is 13.2 Å². The highest BCUT2D eigenvalue weighted by molar-refractivity contribution is 5.43. The molecule has 2 aliphatic rings. The first-order valence-electron chi connectivity index (χ1n) is 9.04. The van der Waals surface area contributed by atoms with Gasteiger partial charge in [-0.3, -0.25) is 0 Å². The van der Waals surface area contributed by atoms with Crippen molar-refractivity contribution in [1.82, 2.24) is 10.0 Å². The number of hydrogen-bond donors (Lipinski definition) is 0. The van der Waals surface area contributed by atoms with Crippen LogP contribution in [0.15, 0.2) is 54.7 Å². The zero-order valence-electron chi connectivity index (χ0n) is 15.1. The SMILES string of the molecule is CN1[C@H](c2cccc(C(F)(F)F)c2)C=CN1C1CCc2cccc(C(F)F)c21. The molecule has 1 aliphatic heterocycles. The summed E-state index contributed by atoms with van der Waals surface area (Å²) >= 11 is 0. The van der Waals surface area contributed by atoms with E-state index in [9.17, 15) is 22.0 Å². The Morgan fingerprint density at radius 1 is 1.07 bits per heavy atom. The number of rotatable bonds is 3. The van der Waals surface area contributed by atoms with Crippen molar-refractivity contribution in [1.29, 1.82) is 0 Å². The Bertz CT molecular complexity index is 906. The number of hydrazine groups is 1. The number of halogens is 5. The predicted octanol–water partition coefficient (Wildman–Crippen LogP) is 6.05. The highest BCUT2D eigenvalue weighted by Crippen LogP contribution is 2.45. The second-order valence-corrected chi connectivity index (χ2v) is 7.14. The van der Waals surface area contributed by atoms with Gasteiger partial charge in [0, 0.05) is 18.8 Å². The highest BCUT2D eigenvalue weighted by atomic mass is 19.4. The van der Waals surface area contributed by atoms with Gasteiger partial charge in [-0.1, -0.05) is 30.3 Å². The highest BCUT2D eigenvalue weighted by Gasteiger charge is 2.37. The smallest absolute Gasteiger partial charge is 0.305 e. The molecular formula is C21H19F5N2. The number of hydrogen-bond acceptors (Lipinski definition) is 2. The van der Waals surface area contributed by atoms with Crippen LogP contribution in [0.2, 0.25) is 0 Å². The molecule has 148 valence electrons. The molecule has 0 saturated heterocycles. The summed E-state index contributed by atoms with van der Waals surface area (Å²) in [5, 5.41) is 3.68. The minimum Gasteiger partial charge on any atom is -0.305 e. The predicted molar refractivity (Wildman–Crippen MR) is 95.4 cm³/mol. The second kappa shape index (κ2) is 6.88. The molecule has 0 saturated carbocycles. The van der Waals surface area contributed by atoms with E-state index in [0.29, 0.717) is 24.0 Å². The molecule has 2 atom stereocenters. The molecule has 0 amide bonds. The van der Waals surface area contributed by atoms with Crippen molar-refractivity contribution in [2.75, 3.05) is 7.05 Å². The van der Waals surface area contributed by atoms with Crippen LogP contribution in [0.4, 0.5) is 22.0 Å². The fraction of sp³-hybridized carbons (Fsp3) is 0.333. The zero-order valence-corrected chi connectivity index (χ0v) is 15.1. The minimum atomic E-state index is -4.41. The van der Waals surface area contributed by atoms with Gasteiger partial charge in [-0.05, 0) is 47.7 Å². The molecule has 28 heavy (non-hydrogen) atoms. The van der Waals surface area contributed by atoms with Crippen LogP contribution >= 0.6 is 0 Å². The van der Waals surface area contributed by atoms with Gasteiger partial charge in [0.25, 0.3) is 6.43 Å². The minimum absolute atomic E-state index is 0.0318. The lowest BCUT2D eigenvalue weighted by molar-refractivity contribution is -0.137. The average molecular weight is 394 g/mol. The van der Waals surface area contributed by atoms with E-state index in [4.69, 9.17) is 0 Å². The molecule has 2 nitrogen and oxygen atoms in total. The van der Waals surface area contributed by atoms with Crippen LogP contribution in [-0.2, 0) is 12.6 Å². The summed E-state index contributed by atoms with van der Waals surface area (Å²) in [7, 11) is 1.77. The normalized spacial score (nSPS) is 22.3. The Balaban J connectivity index is 1.63. The molecule has 0 spiro atoms. The summed E-state index contributed by atoms with van der Waals surface area (Å²) in [5.74, 6) is 0. The molecule has 4 rings (SSSR count). The fourth-order valence-corrected chi connectivity index (χ4v) is 4.24. The molecular weight excluding hydrogens is 375 g/mol.